The second kappa shape index (κ2) is 5.70. The molecule has 0 spiro atoms. The van der Waals surface area contributed by atoms with Crippen LogP contribution in [0.4, 0.5) is 0 Å². The molecule has 0 rings (SSSR count). The molecule has 0 heterocycles. The van der Waals surface area contributed by atoms with Gasteiger partial charge in [-0.3, -0.25) is 4.79 Å². The number of carboxylic acid groups (broad SMARTS) is 1. The minimum absolute atomic E-state index is 0.0906. The molecule has 0 aromatic carbocycles. The van der Waals surface area contributed by atoms with E-state index in [1.807, 2.05) is 0 Å². The van der Waals surface area contributed by atoms with E-state index in [0.717, 1.165) is 0 Å². The van der Waals surface area contributed by atoms with Crippen molar-refractivity contribution in [3.8, 4) is 0 Å². The number of hydrogen-bond acceptors (Lipinski definition) is 4. The molecule has 0 radical (unpaired) electrons. The highest BCUT2D eigenvalue weighted by Gasteiger charge is 2.04. The summed E-state index contributed by atoms with van der Waals surface area (Å²) in [4.78, 5) is 31.1. The molecule has 0 aromatic heterocycles. The van der Waals surface area contributed by atoms with Crippen LogP contribution in [0.3, 0.4) is 0 Å². The van der Waals surface area contributed by atoms with Crippen LogP contribution in [0.5, 0.6) is 0 Å². The zero-order valence-corrected chi connectivity index (χ0v) is 6.73. The Bertz CT molecular complexity index is 264. The van der Waals surface area contributed by atoms with Gasteiger partial charge in [-0.05, 0) is 0 Å². The third kappa shape index (κ3) is 6.49. The van der Waals surface area contributed by atoms with Crippen molar-refractivity contribution < 1.29 is 24.2 Å². The highest BCUT2D eigenvalue weighted by Crippen LogP contribution is 1.89. The molecule has 70 valence electrons. The predicted octanol–water partition coefficient (Wildman–Crippen LogP) is 0.273. The number of carbonyl (C=O) groups is 3. The van der Waals surface area contributed by atoms with Crippen molar-refractivity contribution in [1.82, 2.24) is 0 Å². The average Bonchev–Trinajstić information content (AvgIpc) is 2.01. The molecule has 0 bridgehead atoms. The first kappa shape index (κ1) is 11.1. The smallest absolute Gasteiger partial charge is 0.338 e. The predicted molar refractivity (Wildman–Crippen MR) is 42.7 cm³/mol. The van der Waals surface area contributed by atoms with E-state index in [-0.39, 0.29) is 6.42 Å². The summed E-state index contributed by atoms with van der Waals surface area (Å²) in [6, 6.07) is 0. The first-order chi connectivity index (χ1) is 6.06. The fraction of sp³-hybridized carbons (Fsp3) is 0.125. The maximum atomic E-state index is 10.6. The van der Waals surface area contributed by atoms with Gasteiger partial charge in [-0.1, -0.05) is 6.08 Å². The summed E-state index contributed by atoms with van der Waals surface area (Å²) in [5.74, 6) is -3.06. The summed E-state index contributed by atoms with van der Waals surface area (Å²) in [7, 11) is 0. The molecule has 0 aliphatic rings. The molecule has 1 N–H and O–H groups in total. The highest BCUT2D eigenvalue weighted by molar-refractivity contribution is 5.96. The van der Waals surface area contributed by atoms with Crippen LogP contribution in [-0.2, 0) is 19.1 Å². The number of ether oxygens (including phenoxy) is 1. The Morgan fingerprint density at radius 1 is 1.31 bits per heavy atom. The number of rotatable bonds is 4. The molecule has 5 nitrogen and oxygen atoms in total. The molecular formula is C8H8O5. The van der Waals surface area contributed by atoms with Crippen molar-refractivity contribution in [2.75, 3.05) is 0 Å². The molecule has 0 aliphatic heterocycles. The summed E-state index contributed by atoms with van der Waals surface area (Å²) in [5, 5.41) is 8.10. The molecule has 0 aromatic rings. The normalized spacial score (nSPS) is 9.54. The van der Waals surface area contributed by atoms with Crippen LogP contribution in [0, 0.1) is 0 Å². The fourth-order valence-corrected chi connectivity index (χ4v) is 0.445. The third-order valence-corrected chi connectivity index (χ3v) is 0.887. The van der Waals surface area contributed by atoms with Gasteiger partial charge in [0.05, 0.1) is 6.42 Å². The van der Waals surface area contributed by atoms with Gasteiger partial charge in [0.15, 0.2) is 0 Å². The molecule has 0 saturated carbocycles. The summed E-state index contributed by atoms with van der Waals surface area (Å²) in [6.45, 7) is 3.26. The summed E-state index contributed by atoms with van der Waals surface area (Å²) < 4.78 is 4.14. The lowest BCUT2D eigenvalue weighted by Gasteiger charge is -1.94. The van der Waals surface area contributed by atoms with Crippen molar-refractivity contribution in [3.63, 3.8) is 0 Å². The Balaban J connectivity index is 3.94. The Morgan fingerprint density at radius 2 is 1.92 bits per heavy atom. The minimum atomic E-state index is -1.28. The molecule has 0 fully saturated rings. The monoisotopic (exact) mass is 184 g/mol. The van der Waals surface area contributed by atoms with E-state index in [1.54, 1.807) is 0 Å². The summed E-state index contributed by atoms with van der Waals surface area (Å²) >= 11 is 0. The number of hydrogen-bond donors (Lipinski definition) is 1. The van der Waals surface area contributed by atoms with Crippen LogP contribution in [0.2, 0.25) is 0 Å². The van der Waals surface area contributed by atoms with E-state index in [9.17, 15) is 14.4 Å². The quantitative estimate of drug-likeness (QED) is 0.293. The maximum Gasteiger partial charge on any atom is 0.338 e. The lowest BCUT2D eigenvalue weighted by Crippen LogP contribution is -2.09. The maximum absolute atomic E-state index is 10.6. The van der Waals surface area contributed by atoms with E-state index in [1.165, 1.54) is 6.08 Å². The van der Waals surface area contributed by atoms with Gasteiger partial charge in [0.2, 0.25) is 0 Å². The minimum Gasteiger partial charge on any atom is -0.478 e. The van der Waals surface area contributed by atoms with Gasteiger partial charge in [0.1, 0.15) is 0 Å². The topological polar surface area (TPSA) is 80.7 Å². The van der Waals surface area contributed by atoms with Gasteiger partial charge >= 0.3 is 17.9 Å². The number of esters is 2. The zero-order valence-electron chi connectivity index (χ0n) is 6.73. The first-order valence-corrected chi connectivity index (χ1v) is 3.32. The molecule has 0 aliphatic carbocycles. The van der Waals surface area contributed by atoms with Crippen molar-refractivity contribution in [3.05, 3.63) is 24.8 Å². The van der Waals surface area contributed by atoms with Gasteiger partial charge < -0.3 is 9.84 Å². The Hall–Kier alpha value is -1.91. The zero-order chi connectivity index (χ0) is 10.3. The van der Waals surface area contributed by atoms with Gasteiger partial charge in [0, 0.05) is 12.2 Å². The highest BCUT2D eigenvalue weighted by atomic mass is 16.6. The summed E-state index contributed by atoms with van der Waals surface area (Å²) in [6.07, 6.45) is 2.43. The molecule has 0 amide bonds. The molecule has 13 heavy (non-hydrogen) atoms. The Morgan fingerprint density at radius 3 is 2.38 bits per heavy atom. The van der Waals surface area contributed by atoms with E-state index < -0.39 is 17.9 Å². The fourth-order valence-electron chi connectivity index (χ4n) is 0.445. The van der Waals surface area contributed by atoms with Crippen molar-refractivity contribution in [2.45, 2.75) is 6.42 Å². The largest absolute Gasteiger partial charge is 0.478 e. The first-order valence-electron chi connectivity index (χ1n) is 3.32. The lowest BCUT2D eigenvalue weighted by atomic mass is 10.4. The van der Waals surface area contributed by atoms with Crippen LogP contribution >= 0.6 is 0 Å². The van der Waals surface area contributed by atoms with Crippen LogP contribution in [0.15, 0.2) is 24.8 Å². The molecule has 5 heteroatoms. The molecular weight excluding hydrogens is 176 g/mol. The second-order valence-corrected chi connectivity index (χ2v) is 1.96. The van der Waals surface area contributed by atoms with E-state index in [4.69, 9.17) is 5.11 Å². The Labute approximate surface area is 74.3 Å². The van der Waals surface area contributed by atoms with Crippen LogP contribution in [0.1, 0.15) is 6.42 Å². The lowest BCUT2D eigenvalue weighted by molar-refractivity contribution is -0.155. The number of carboxylic acids is 1. The summed E-state index contributed by atoms with van der Waals surface area (Å²) in [5.41, 5.74) is 0. The van der Waals surface area contributed by atoms with E-state index in [0.29, 0.717) is 12.2 Å². The van der Waals surface area contributed by atoms with Gasteiger partial charge in [-0.15, -0.1) is 6.58 Å². The van der Waals surface area contributed by atoms with E-state index >= 15 is 0 Å². The van der Waals surface area contributed by atoms with Gasteiger partial charge in [0.25, 0.3) is 0 Å². The van der Waals surface area contributed by atoms with Gasteiger partial charge in [-0.2, -0.15) is 0 Å². The Kier molecular flexibility index (Phi) is 4.87. The van der Waals surface area contributed by atoms with Crippen molar-refractivity contribution >= 4 is 17.9 Å². The van der Waals surface area contributed by atoms with Crippen molar-refractivity contribution in [1.29, 1.82) is 0 Å². The van der Waals surface area contributed by atoms with Gasteiger partial charge in [-0.25, -0.2) is 9.59 Å². The molecule has 0 saturated heterocycles. The van der Waals surface area contributed by atoms with Crippen LogP contribution < -0.4 is 0 Å². The molecule has 0 atom stereocenters. The van der Waals surface area contributed by atoms with Crippen LogP contribution in [-0.4, -0.2) is 23.0 Å². The SMILES string of the molecule is C=CCC(=O)OC(=O)/C=C\C(=O)O. The third-order valence-electron chi connectivity index (χ3n) is 0.887. The van der Waals surface area contributed by atoms with Crippen LogP contribution in [0.25, 0.3) is 0 Å². The van der Waals surface area contributed by atoms with Crippen molar-refractivity contribution in [2.24, 2.45) is 0 Å². The second-order valence-electron chi connectivity index (χ2n) is 1.96. The molecule has 0 unspecified atom stereocenters. The van der Waals surface area contributed by atoms with E-state index in [2.05, 4.69) is 11.3 Å². The number of carbonyl (C=O) groups excluding carboxylic acids is 2. The standard InChI is InChI=1S/C8H8O5/c1-2-3-7(11)13-8(12)5-4-6(9)10/h2,4-5H,1,3H2,(H,9,10)/b5-4-. The average molecular weight is 184 g/mol. The number of aliphatic carboxylic acids is 1.